The second kappa shape index (κ2) is 8.79. The van der Waals surface area contributed by atoms with Gasteiger partial charge in [0.15, 0.2) is 5.78 Å². The van der Waals surface area contributed by atoms with Gasteiger partial charge in [0.1, 0.15) is 0 Å². The number of halogens is 2. The molecule has 0 radical (unpaired) electrons. The maximum absolute atomic E-state index is 13.5. The molecule has 37 heavy (non-hydrogen) atoms. The molecule has 0 saturated heterocycles. The first-order chi connectivity index (χ1) is 18.1. The molecule has 1 aliphatic carbocycles. The zero-order valence-electron chi connectivity index (χ0n) is 20.1. The van der Waals surface area contributed by atoms with Crippen LogP contribution in [0.4, 0.5) is 5.69 Å². The third-order valence-corrected chi connectivity index (χ3v) is 8.35. The highest BCUT2D eigenvalue weighted by Gasteiger charge is 2.36. The minimum absolute atomic E-state index is 0.205. The zero-order chi connectivity index (χ0) is 25.1. The number of aromatic nitrogens is 1. The van der Waals surface area contributed by atoms with Gasteiger partial charge in [-0.25, -0.2) is 0 Å². The molecule has 0 bridgehead atoms. The number of anilines is 1. The number of hydrogen-bond donors (Lipinski definition) is 1. The van der Waals surface area contributed by atoms with E-state index in [0.29, 0.717) is 23.0 Å². The lowest BCUT2D eigenvalue weighted by Crippen LogP contribution is -2.27. The van der Waals surface area contributed by atoms with Crippen LogP contribution in [0.3, 0.4) is 0 Å². The van der Waals surface area contributed by atoms with Gasteiger partial charge in [0.2, 0.25) is 0 Å². The molecular weight excluding hydrogens is 499 g/mol. The molecule has 0 spiro atoms. The van der Waals surface area contributed by atoms with E-state index in [0.717, 1.165) is 46.1 Å². The topological polar surface area (TPSA) is 34.0 Å². The van der Waals surface area contributed by atoms with Gasteiger partial charge in [0, 0.05) is 62.5 Å². The Hall–Kier alpha value is -3.53. The Labute approximate surface area is 225 Å². The largest absolute Gasteiger partial charge is 0.373 e. The number of nitrogens with zero attached hydrogens (tertiary/aromatic N) is 1. The van der Waals surface area contributed by atoms with E-state index in [9.17, 15) is 4.79 Å². The second-order valence-electron chi connectivity index (χ2n) is 9.92. The number of carbonyl (C=O) groups is 1. The van der Waals surface area contributed by atoms with Crippen LogP contribution in [-0.2, 0) is 11.3 Å². The fraction of sp³-hybridized carbons (Fsp3) is 0.156. The molecular formula is C32H24Cl2N2O. The summed E-state index contributed by atoms with van der Waals surface area (Å²) < 4.78 is 2.23. The van der Waals surface area contributed by atoms with Crippen molar-refractivity contribution >= 4 is 61.9 Å². The molecule has 0 saturated carbocycles. The Morgan fingerprint density at radius 3 is 2.57 bits per heavy atom. The highest BCUT2D eigenvalue weighted by Crippen LogP contribution is 2.49. The lowest BCUT2D eigenvalue weighted by Gasteiger charge is -2.35. The Balaban J connectivity index is 1.42. The summed E-state index contributed by atoms with van der Waals surface area (Å²) in [5, 5.41) is 8.60. The minimum atomic E-state index is -0.205. The SMILES string of the molecule is O=C1CCCC2=C1[C@@H](c1cn(Cc3ccc(Cl)cc3Cl)c3ccccc13)Nc1ccc3ccccc3c12. The Morgan fingerprint density at radius 1 is 0.892 bits per heavy atom. The first-order valence-electron chi connectivity index (χ1n) is 12.6. The maximum atomic E-state index is 13.5. The monoisotopic (exact) mass is 522 g/mol. The van der Waals surface area contributed by atoms with Crippen molar-refractivity contribution in [3.8, 4) is 0 Å². The Morgan fingerprint density at radius 2 is 1.70 bits per heavy atom. The summed E-state index contributed by atoms with van der Waals surface area (Å²) in [4.78, 5) is 13.5. The zero-order valence-corrected chi connectivity index (χ0v) is 21.6. The lowest BCUT2D eigenvalue weighted by atomic mass is 9.77. The minimum Gasteiger partial charge on any atom is -0.373 e. The molecule has 2 heterocycles. The van der Waals surface area contributed by atoms with Gasteiger partial charge in [-0.1, -0.05) is 77.8 Å². The van der Waals surface area contributed by atoms with E-state index in [4.69, 9.17) is 23.2 Å². The van der Waals surface area contributed by atoms with Crippen LogP contribution in [0.5, 0.6) is 0 Å². The molecule has 2 aliphatic rings. The third kappa shape index (κ3) is 3.68. The number of para-hydroxylation sites is 1. The van der Waals surface area contributed by atoms with Gasteiger partial charge in [-0.15, -0.1) is 0 Å². The number of allylic oxidation sites excluding steroid dienone is 1. The number of nitrogens with one attached hydrogen (secondary N) is 1. The van der Waals surface area contributed by atoms with Crippen LogP contribution in [-0.4, -0.2) is 10.4 Å². The molecule has 0 amide bonds. The maximum Gasteiger partial charge on any atom is 0.161 e. The van der Waals surface area contributed by atoms with Gasteiger partial charge >= 0.3 is 0 Å². The number of ketones is 1. The molecule has 1 aromatic heterocycles. The average Bonchev–Trinajstić information content (AvgIpc) is 3.28. The number of fused-ring (bicyclic) bond motifs is 5. The third-order valence-electron chi connectivity index (χ3n) is 7.76. The number of Topliss-reactive ketones (excluding diaryl/α,β-unsaturated/α-hetero) is 1. The summed E-state index contributed by atoms with van der Waals surface area (Å²) in [5.74, 6) is 0.245. The molecule has 182 valence electrons. The van der Waals surface area contributed by atoms with Crippen LogP contribution in [0, 0.1) is 0 Å². The van der Waals surface area contributed by atoms with Crippen LogP contribution in [0.15, 0.2) is 90.6 Å². The fourth-order valence-corrected chi connectivity index (χ4v) is 6.57. The summed E-state index contributed by atoms with van der Waals surface area (Å²) in [6.45, 7) is 0.615. The quantitative estimate of drug-likeness (QED) is 0.256. The molecule has 1 atom stereocenters. The predicted molar refractivity (Wildman–Crippen MR) is 154 cm³/mol. The van der Waals surface area contributed by atoms with Crippen molar-refractivity contribution in [1.82, 2.24) is 4.57 Å². The first kappa shape index (κ1) is 22.7. The van der Waals surface area contributed by atoms with Crippen LogP contribution in [0.1, 0.15) is 42.0 Å². The molecule has 4 aromatic carbocycles. The van der Waals surface area contributed by atoms with E-state index in [2.05, 4.69) is 76.7 Å². The van der Waals surface area contributed by atoms with E-state index in [-0.39, 0.29) is 11.8 Å². The number of carbonyl (C=O) groups excluding carboxylic acids is 1. The summed E-state index contributed by atoms with van der Waals surface area (Å²) in [5.41, 5.74) is 7.62. The number of benzene rings is 4. The van der Waals surface area contributed by atoms with Crippen LogP contribution >= 0.6 is 23.2 Å². The number of rotatable bonds is 3. The molecule has 0 unspecified atom stereocenters. The van der Waals surface area contributed by atoms with Gasteiger partial charge in [-0.05, 0) is 59.0 Å². The fourth-order valence-electron chi connectivity index (χ4n) is 6.11. The second-order valence-corrected chi connectivity index (χ2v) is 10.8. The molecule has 1 aliphatic heterocycles. The standard InChI is InChI=1S/C32H24Cl2N2O/c33-21-14-12-20(26(34)16-21)17-36-18-25(23-8-3-4-10-28(23)36)32-31-24(9-5-11-29(31)37)30-22-7-2-1-6-19(22)13-15-27(30)35-32/h1-4,6-8,10,12-16,18,32,35H,5,9,11,17H2/t32-/m1/s1. The molecule has 1 N–H and O–H groups in total. The van der Waals surface area contributed by atoms with Crippen molar-refractivity contribution < 1.29 is 4.79 Å². The Kier molecular flexibility index (Phi) is 5.38. The van der Waals surface area contributed by atoms with E-state index in [1.165, 1.54) is 21.9 Å². The van der Waals surface area contributed by atoms with Crippen LogP contribution in [0.25, 0.3) is 27.2 Å². The molecule has 7 rings (SSSR count). The van der Waals surface area contributed by atoms with E-state index in [1.54, 1.807) is 6.07 Å². The van der Waals surface area contributed by atoms with Crippen molar-refractivity contribution in [1.29, 1.82) is 0 Å². The summed E-state index contributed by atoms with van der Waals surface area (Å²) in [6, 6.07) is 26.6. The van der Waals surface area contributed by atoms with E-state index in [1.807, 2.05) is 12.1 Å². The van der Waals surface area contributed by atoms with Crippen molar-refractivity contribution in [2.75, 3.05) is 5.32 Å². The number of hydrogen-bond acceptors (Lipinski definition) is 2. The molecule has 3 nitrogen and oxygen atoms in total. The lowest BCUT2D eigenvalue weighted by molar-refractivity contribution is -0.116. The van der Waals surface area contributed by atoms with Crippen molar-refractivity contribution in [2.45, 2.75) is 31.8 Å². The highest BCUT2D eigenvalue weighted by atomic mass is 35.5. The van der Waals surface area contributed by atoms with Crippen molar-refractivity contribution in [3.63, 3.8) is 0 Å². The highest BCUT2D eigenvalue weighted by molar-refractivity contribution is 6.35. The van der Waals surface area contributed by atoms with Gasteiger partial charge in [0.25, 0.3) is 0 Å². The first-order valence-corrected chi connectivity index (χ1v) is 13.4. The normalized spacial score (nSPS) is 17.1. The molecule has 5 heteroatoms. The van der Waals surface area contributed by atoms with Crippen molar-refractivity contribution in [2.24, 2.45) is 0 Å². The summed E-state index contributed by atoms with van der Waals surface area (Å²) in [6.07, 6.45) is 4.59. The van der Waals surface area contributed by atoms with Crippen LogP contribution < -0.4 is 5.32 Å². The van der Waals surface area contributed by atoms with Gasteiger partial charge in [0.05, 0.1) is 6.04 Å². The predicted octanol–water partition coefficient (Wildman–Crippen LogP) is 8.82. The Bertz CT molecular complexity index is 1760. The van der Waals surface area contributed by atoms with E-state index >= 15 is 0 Å². The summed E-state index contributed by atoms with van der Waals surface area (Å²) >= 11 is 12.7. The van der Waals surface area contributed by atoms with Gasteiger partial charge in [-0.3, -0.25) is 4.79 Å². The van der Waals surface area contributed by atoms with Crippen LogP contribution in [0.2, 0.25) is 10.0 Å². The average molecular weight is 523 g/mol. The van der Waals surface area contributed by atoms with Gasteiger partial charge in [-0.2, -0.15) is 0 Å². The molecule has 5 aromatic rings. The summed E-state index contributed by atoms with van der Waals surface area (Å²) in [7, 11) is 0. The van der Waals surface area contributed by atoms with Gasteiger partial charge < -0.3 is 9.88 Å². The molecule has 0 fully saturated rings. The smallest absolute Gasteiger partial charge is 0.161 e. The van der Waals surface area contributed by atoms with E-state index < -0.39 is 0 Å². The van der Waals surface area contributed by atoms with Crippen molar-refractivity contribution in [3.05, 3.63) is 117 Å².